The predicted octanol–water partition coefficient (Wildman–Crippen LogP) is 8.27. The summed E-state index contributed by atoms with van der Waals surface area (Å²) in [7, 11) is 0. The van der Waals surface area contributed by atoms with E-state index in [1.165, 1.54) is 30.7 Å². The van der Waals surface area contributed by atoms with E-state index in [4.69, 9.17) is 32.8 Å². The fraction of sp³-hybridized carbons (Fsp3) is 0.0833. The Hall–Kier alpha value is -7.32. The Morgan fingerprint density at radius 1 is 0.620 bits per heavy atom. The maximum atomic E-state index is 12.2. The second-order valence-corrected chi connectivity index (χ2v) is 9.72. The normalized spacial score (nSPS) is 9.40. The third-order valence-corrected chi connectivity index (χ3v) is 5.74. The van der Waals surface area contributed by atoms with E-state index >= 15 is 0 Å². The van der Waals surface area contributed by atoms with Gasteiger partial charge in [-0.25, -0.2) is 14.2 Å². The molecule has 0 atom stereocenters. The first-order chi connectivity index (χ1) is 24.0. The fourth-order valence-electron chi connectivity index (χ4n) is 3.33. The zero-order valence-corrected chi connectivity index (χ0v) is 27.0. The lowest BCUT2D eigenvalue weighted by Crippen LogP contribution is -1.99. The number of pyridine rings is 6. The van der Waals surface area contributed by atoms with Crippen molar-refractivity contribution in [3.05, 3.63) is 161 Å². The molecular weight excluding hydrogens is 643 g/mol. The highest BCUT2D eigenvalue weighted by molar-refractivity contribution is 5.85. The molecule has 0 spiro atoms. The largest absolute Gasteiger partial charge is 0.506 e. The topological polar surface area (TPSA) is 162 Å². The molecule has 250 valence electrons. The summed E-state index contributed by atoms with van der Waals surface area (Å²) in [6.45, 7) is 18.9. The van der Waals surface area contributed by atoms with Crippen molar-refractivity contribution in [2.75, 3.05) is 0 Å². The first kappa shape index (κ1) is 37.1. The molecule has 0 unspecified atom stereocenters. The van der Waals surface area contributed by atoms with Crippen molar-refractivity contribution in [1.82, 2.24) is 29.9 Å². The van der Waals surface area contributed by atoms with Crippen LogP contribution in [0, 0.1) is 39.7 Å². The summed E-state index contributed by atoms with van der Waals surface area (Å²) in [6, 6.07) is 19.2. The summed E-state index contributed by atoms with van der Waals surface area (Å²) >= 11 is 0. The summed E-state index contributed by atoms with van der Waals surface area (Å²) in [4.78, 5) is 40.0. The number of carbonyl (C=O) groups is 1. The number of carboxylic acid groups (broad SMARTS) is 1. The van der Waals surface area contributed by atoms with Crippen molar-refractivity contribution >= 4 is 17.6 Å². The van der Waals surface area contributed by atoms with Crippen molar-refractivity contribution < 1.29 is 28.9 Å². The van der Waals surface area contributed by atoms with Gasteiger partial charge in [-0.3, -0.25) is 15.0 Å². The summed E-state index contributed by atoms with van der Waals surface area (Å²) < 4.78 is 23.2. The van der Waals surface area contributed by atoms with E-state index in [1.807, 2.05) is 39.0 Å². The van der Waals surface area contributed by atoms with E-state index in [0.717, 1.165) is 23.1 Å². The highest BCUT2D eigenvalue weighted by Gasteiger charge is 2.06. The van der Waals surface area contributed by atoms with Gasteiger partial charge in [-0.1, -0.05) is 13.1 Å². The SMILES string of the molecule is Cc1ccc(O)cn1.Cc1ccc(Oc2ccnc(C(=O)O)c2)cn1.[C-]#[N+]c1cc(F)ccn1.[C-]#[N+]c1cc(Oc2ccc(C)nc2)ccn1. The van der Waals surface area contributed by atoms with Crippen molar-refractivity contribution in [3.63, 3.8) is 0 Å². The van der Waals surface area contributed by atoms with Crippen LogP contribution in [0.2, 0.25) is 0 Å². The lowest BCUT2D eigenvalue weighted by molar-refractivity contribution is 0.0690. The number of carboxylic acids is 1. The quantitative estimate of drug-likeness (QED) is 0.170. The van der Waals surface area contributed by atoms with Crippen molar-refractivity contribution in [3.8, 4) is 28.7 Å². The van der Waals surface area contributed by atoms with Gasteiger partial charge in [0.25, 0.3) is 11.6 Å². The van der Waals surface area contributed by atoms with Crippen LogP contribution in [0.4, 0.5) is 16.0 Å². The predicted molar refractivity (Wildman–Crippen MR) is 181 cm³/mol. The Morgan fingerprint density at radius 3 is 1.52 bits per heavy atom. The summed E-state index contributed by atoms with van der Waals surface area (Å²) in [5.41, 5.74) is 2.69. The molecule has 0 amide bonds. The van der Waals surface area contributed by atoms with Gasteiger partial charge in [-0.15, -0.1) is 9.97 Å². The summed E-state index contributed by atoms with van der Waals surface area (Å²) in [5, 5.41) is 17.5. The number of rotatable bonds is 5. The summed E-state index contributed by atoms with van der Waals surface area (Å²) in [5.74, 6) is 1.33. The van der Waals surface area contributed by atoms with E-state index in [9.17, 15) is 9.18 Å². The number of aryl methyl sites for hydroxylation is 3. The second-order valence-electron chi connectivity index (χ2n) is 9.72. The maximum Gasteiger partial charge on any atom is 0.354 e. The van der Waals surface area contributed by atoms with E-state index in [-0.39, 0.29) is 17.3 Å². The monoisotopic (exact) mass is 672 g/mol. The first-order valence-electron chi connectivity index (χ1n) is 14.4. The molecule has 0 aliphatic carbocycles. The van der Waals surface area contributed by atoms with Gasteiger partial charge in [-0.2, -0.15) is 0 Å². The number of hydrogen-bond acceptors (Lipinski definition) is 10. The molecule has 2 N–H and O–H groups in total. The van der Waals surface area contributed by atoms with Crippen LogP contribution >= 0.6 is 0 Å². The van der Waals surface area contributed by atoms with Gasteiger partial charge in [0.2, 0.25) is 0 Å². The van der Waals surface area contributed by atoms with Crippen LogP contribution in [0.1, 0.15) is 27.6 Å². The van der Waals surface area contributed by atoms with Gasteiger partial charge < -0.3 is 29.4 Å². The zero-order valence-electron chi connectivity index (χ0n) is 27.0. The lowest BCUT2D eigenvalue weighted by atomic mass is 10.3. The third kappa shape index (κ3) is 13.6. The Balaban J connectivity index is 0.000000189. The molecule has 0 saturated heterocycles. The zero-order chi connectivity index (χ0) is 36.3. The molecule has 0 fully saturated rings. The van der Waals surface area contributed by atoms with Crippen LogP contribution in [-0.4, -0.2) is 46.1 Å². The van der Waals surface area contributed by atoms with Crippen LogP contribution < -0.4 is 9.47 Å². The number of aromatic hydroxyl groups is 1. The third-order valence-electron chi connectivity index (χ3n) is 5.74. The number of ether oxygens (including phenoxy) is 2. The Bertz CT molecular complexity index is 2050. The lowest BCUT2D eigenvalue weighted by Gasteiger charge is -2.05. The number of nitrogens with zero attached hydrogens (tertiary/aromatic N) is 8. The fourth-order valence-corrected chi connectivity index (χ4v) is 3.33. The molecule has 14 heteroatoms. The van der Waals surface area contributed by atoms with Gasteiger partial charge in [0.05, 0.1) is 18.6 Å². The van der Waals surface area contributed by atoms with Gasteiger partial charge in [0, 0.05) is 47.5 Å². The Kier molecular flexibility index (Phi) is 14.4. The molecule has 6 aromatic heterocycles. The average molecular weight is 673 g/mol. The first-order valence-corrected chi connectivity index (χ1v) is 14.4. The summed E-state index contributed by atoms with van der Waals surface area (Å²) in [6.07, 6.45) is 8.85. The standard InChI is InChI=1S/C12H9N3O.C12H10N2O3.C6H3FN2.C6H7NO/c1-9-3-4-11(8-15-9)16-10-5-6-14-12(7-10)13-2;1-8-2-3-10(7-14-8)17-9-4-5-13-11(6-9)12(15)16;1-8-6-4-5(7)2-3-9-6;1-5-2-3-6(8)4-7-5/h3-8H,1H3;2-7H,1H3,(H,15,16);2-4H;2-4,8H,1H3. The minimum Gasteiger partial charge on any atom is -0.506 e. The van der Waals surface area contributed by atoms with Crippen LogP contribution in [-0.2, 0) is 0 Å². The van der Waals surface area contributed by atoms with E-state index < -0.39 is 11.8 Å². The minimum absolute atomic E-state index is 0.0532. The number of halogens is 1. The molecule has 6 heterocycles. The molecule has 0 radical (unpaired) electrons. The number of hydrogen-bond donors (Lipinski definition) is 2. The van der Waals surface area contributed by atoms with Gasteiger partial charge in [-0.05, 0) is 69.3 Å². The Morgan fingerprint density at radius 2 is 1.10 bits per heavy atom. The highest BCUT2D eigenvalue weighted by atomic mass is 19.1. The molecule has 6 rings (SSSR count). The van der Waals surface area contributed by atoms with E-state index in [1.54, 1.807) is 55.0 Å². The maximum absolute atomic E-state index is 12.2. The molecule has 0 bridgehead atoms. The van der Waals surface area contributed by atoms with E-state index in [0.29, 0.717) is 28.8 Å². The van der Waals surface area contributed by atoms with Crippen molar-refractivity contribution in [1.29, 1.82) is 0 Å². The van der Waals surface area contributed by atoms with Gasteiger partial charge in [0.1, 0.15) is 47.0 Å². The van der Waals surface area contributed by atoms with Crippen molar-refractivity contribution in [2.45, 2.75) is 20.8 Å². The van der Waals surface area contributed by atoms with Crippen molar-refractivity contribution in [2.24, 2.45) is 0 Å². The second kappa shape index (κ2) is 19.4. The highest BCUT2D eigenvalue weighted by Crippen LogP contribution is 2.23. The molecular formula is C36H29FN8O5. The minimum atomic E-state index is -1.09. The van der Waals surface area contributed by atoms with Gasteiger partial charge in [0.15, 0.2) is 5.69 Å². The number of aromatic carboxylic acids is 1. The van der Waals surface area contributed by atoms with Crippen LogP contribution in [0.15, 0.2) is 110 Å². The Labute approximate surface area is 287 Å². The molecule has 0 saturated carbocycles. The van der Waals surface area contributed by atoms with E-state index in [2.05, 4.69) is 39.6 Å². The molecule has 50 heavy (non-hydrogen) atoms. The molecule has 0 aromatic carbocycles. The molecule has 13 nitrogen and oxygen atoms in total. The number of aromatic nitrogens is 6. The van der Waals surface area contributed by atoms with Gasteiger partial charge >= 0.3 is 5.97 Å². The molecule has 0 aliphatic heterocycles. The van der Waals surface area contributed by atoms with Crippen LogP contribution in [0.25, 0.3) is 9.69 Å². The average Bonchev–Trinajstić information content (AvgIpc) is 3.12. The van der Waals surface area contributed by atoms with Crippen LogP contribution in [0.5, 0.6) is 28.7 Å². The molecule has 0 aliphatic rings. The molecule has 6 aromatic rings. The van der Waals surface area contributed by atoms with Crippen LogP contribution in [0.3, 0.4) is 0 Å². The smallest absolute Gasteiger partial charge is 0.354 e.